The molecule has 2 saturated carbocycles. The molecule has 2 aliphatic carbocycles. The zero-order chi connectivity index (χ0) is 13.7. The van der Waals surface area contributed by atoms with Crippen molar-refractivity contribution in [3.05, 3.63) is 0 Å². The van der Waals surface area contributed by atoms with E-state index in [1.165, 1.54) is 32.1 Å². The van der Waals surface area contributed by atoms with Crippen molar-refractivity contribution in [1.29, 1.82) is 0 Å². The molecule has 0 spiro atoms. The van der Waals surface area contributed by atoms with Crippen molar-refractivity contribution < 1.29 is 9.90 Å². The lowest BCUT2D eigenvalue weighted by Gasteiger charge is -2.30. The highest BCUT2D eigenvalue weighted by Crippen LogP contribution is 2.43. The molecule has 0 aromatic heterocycles. The highest BCUT2D eigenvalue weighted by molar-refractivity contribution is 5.74. The Morgan fingerprint density at radius 2 is 2.05 bits per heavy atom. The molecule has 0 aromatic carbocycles. The number of aliphatic hydroxyl groups excluding tert-OH is 1. The van der Waals surface area contributed by atoms with Gasteiger partial charge in [0.05, 0.1) is 0 Å². The fourth-order valence-corrected chi connectivity index (χ4v) is 3.18. The summed E-state index contributed by atoms with van der Waals surface area (Å²) in [6.07, 6.45) is 8.47. The Morgan fingerprint density at radius 3 is 2.74 bits per heavy atom. The molecule has 4 heteroatoms. The maximum absolute atomic E-state index is 11.8. The quantitative estimate of drug-likeness (QED) is 0.692. The summed E-state index contributed by atoms with van der Waals surface area (Å²) in [5.74, 6) is 2.14. The predicted molar refractivity (Wildman–Crippen MR) is 75.9 cm³/mol. The third kappa shape index (κ3) is 5.01. The molecule has 0 aromatic rings. The topological polar surface area (TPSA) is 61.4 Å². The number of aliphatic hydroxyl groups is 1. The van der Waals surface area contributed by atoms with Crippen molar-refractivity contribution in [3.63, 3.8) is 0 Å². The third-order valence-corrected chi connectivity index (χ3v) is 4.57. The Morgan fingerprint density at radius 1 is 1.26 bits per heavy atom. The first kappa shape index (κ1) is 14.6. The van der Waals surface area contributed by atoms with Crippen LogP contribution in [0.2, 0.25) is 0 Å². The highest BCUT2D eigenvalue weighted by atomic mass is 16.3. The molecule has 2 aliphatic rings. The van der Waals surface area contributed by atoms with E-state index in [0.29, 0.717) is 18.5 Å². The molecule has 2 rings (SSSR count). The lowest BCUT2D eigenvalue weighted by Crippen LogP contribution is -2.45. The second-order valence-corrected chi connectivity index (χ2v) is 6.43. The monoisotopic (exact) mass is 268 g/mol. The van der Waals surface area contributed by atoms with Gasteiger partial charge in [-0.15, -0.1) is 0 Å². The van der Waals surface area contributed by atoms with E-state index in [2.05, 4.69) is 10.6 Å². The molecule has 0 radical (unpaired) electrons. The van der Waals surface area contributed by atoms with E-state index in [-0.39, 0.29) is 12.6 Å². The molecule has 2 amide bonds. The minimum absolute atomic E-state index is 0.0359. The van der Waals surface area contributed by atoms with Crippen LogP contribution in [0.1, 0.15) is 51.9 Å². The molecule has 0 aliphatic heterocycles. The fraction of sp³-hybridized carbons (Fsp3) is 0.933. The van der Waals surface area contributed by atoms with E-state index >= 15 is 0 Å². The highest BCUT2D eigenvalue weighted by Gasteiger charge is 2.34. The second kappa shape index (κ2) is 7.13. The van der Waals surface area contributed by atoms with Crippen molar-refractivity contribution in [2.45, 2.75) is 57.9 Å². The van der Waals surface area contributed by atoms with Gasteiger partial charge in [-0.25, -0.2) is 4.79 Å². The Balaban J connectivity index is 1.63. The lowest BCUT2D eigenvalue weighted by atomic mass is 9.83. The summed E-state index contributed by atoms with van der Waals surface area (Å²) >= 11 is 0. The molecular weight excluding hydrogens is 240 g/mol. The summed E-state index contributed by atoms with van der Waals surface area (Å²) in [5.41, 5.74) is 0. The zero-order valence-corrected chi connectivity index (χ0v) is 12.0. The predicted octanol–water partition coefficient (Wildman–Crippen LogP) is 2.27. The van der Waals surface area contributed by atoms with Crippen LogP contribution in [0.5, 0.6) is 0 Å². The minimum Gasteiger partial charge on any atom is -0.396 e. The van der Waals surface area contributed by atoms with Gasteiger partial charge in [0.15, 0.2) is 0 Å². The van der Waals surface area contributed by atoms with Crippen molar-refractivity contribution >= 4 is 6.03 Å². The summed E-state index contributed by atoms with van der Waals surface area (Å²) in [7, 11) is 0. The van der Waals surface area contributed by atoms with Crippen LogP contribution in [0.4, 0.5) is 4.79 Å². The first-order chi connectivity index (χ1) is 9.19. The molecule has 110 valence electrons. The van der Waals surface area contributed by atoms with Crippen molar-refractivity contribution in [2.24, 2.45) is 17.8 Å². The maximum Gasteiger partial charge on any atom is 0.315 e. The summed E-state index contributed by atoms with van der Waals surface area (Å²) in [6.45, 7) is 2.88. The van der Waals surface area contributed by atoms with Crippen LogP contribution >= 0.6 is 0 Å². The molecule has 4 nitrogen and oxygen atoms in total. The number of carbonyl (C=O) groups is 1. The van der Waals surface area contributed by atoms with Gasteiger partial charge in [-0.05, 0) is 49.9 Å². The van der Waals surface area contributed by atoms with Crippen molar-refractivity contribution in [2.75, 3.05) is 13.2 Å². The van der Waals surface area contributed by atoms with Crippen LogP contribution in [0.3, 0.4) is 0 Å². The summed E-state index contributed by atoms with van der Waals surface area (Å²) in [6, 6.07) is 0.332. The molecule has 3 unspecified atom stereocenters. The Kier molecular flexibility index (Phi) is 5.49. The number of rotatable bonds is 6. The van der Waals surface area contributed by atoms with E-state index in [0.717, 1.165) is 24.7 Å². The fourth-order valence-electron chi connectivity index (χ4n) is 3.18. The van der Waals surface area contributed by atoms with E-state index < -0.39 is 0 Å². The van der Waals surface area contributed by atoms with Gasteiger partial charge in [-0.1, -0.05) is 19.8 Å². The van der Waals surface area contributed by atoms with Gasteiger partial charge in [-0.3, -0.25) is 0 Å². The summed E-state index contributed by atoms with van der Waals surface area (Å²) in [5, 5.41) is 14.9. The van der Waals surface area contributed by atoms with Crippen LogP contribution in [0, 0.1) is 17.8 Å². The lowest BCUT2D eigenvalue weighted by molar-refractivity contribution is 0.217. The average molecular weight is 268 g/mol. The van der Waals surface area contributed by atoms with Gasteiger partial charge in [0, 0.05) is 19.2 Å². The van der Waals surface area contributed by atoms with Gasteiger partial charge in [0.25, 0.3) is 0 Å². The van der Waals surface area contributed by atoms with Gasteiger partial charge < -0.3 is 15.7 Å². The first-order valence-electron chi connectivity index (χ1n) is 7.84. The van der Waals surface area contributed by atoms with E-state index in [9.17, 15) is 4.79 Å². The first-order valence-corrected chi connectivity index (χ1v) is 7.84. The minimum atomic E-state index is -0.0359. The van der Waals surface area contributed by atoms with E-state index in [4.69, 9.17) is 5.11 Å². The molecular formula is C15H28N2O2. The number of amides is 2. The van der Waals surface area contributed by atoms with Gasteiger partial charge in [0.2, 0.25) is 0 Å². The van der Waals surface area contributed by atoms with Crippen LogP contribution in [0.25, 0.3) is 0 Å². The van der Waals surface area contributed by atoms with Crippen LogP contribution in [-0.4, -0.2) is 30.3 Å². The SMILES string of the molecule is CC(CCO)CNC(=O)NC1CCCC(C2CC2)C1. The number of hydrogen-bond acceptors (Lipinski definition) is 2. The van der Waals surface area contributed by atoms with E-state index in [1.54, 1.807) is 0 Å². The molecule has 0 saturated heterocycles. The molecule has 19 heavy (non-hydrogen) atoms. The summed E-state index contributed by atoms with van der Waals surface area (Å²) in [4.78, 5) is 11.8. The largest absolute Gasteiger partial charge is 0.396 e. The normalized spacial score (nSPS) is 28.7. The Labute approximate surface area is 116 Å². The molecule has 2 fully saturated rings. The Hall–Kier alpha value is -0.770. The van der Waals surface area contributed by atoms with Crippen LogP contribution < -0.4 is 10.6 Å². The van der Waals surface area contributed by atoms with Gasteiger partial charge in [0.1, 0.15) is 0 Å². The number of urea groups is 1. The Bertz CT molecular complexity index is 292. The van der Waals surface area contributed by atoms with Crippen molar-refractivity contribution in [1.82, 2.24) is 10.6 Å². The maximum atomic E-state index is 11.8. The van der Waals surface area contributed by atoms with Crippen molar-refractivity contribution in [3.8, 4) is 0 Å². The second-order valence-electron chi connectivity index (χ2n) is 6.43. The summed E-state index contributed by atoms with van der Waals surface area (Å²) < 4.78 is 0. The number of hydrogen-bond donors (Lipinski definition) is 3. The number of carbonyl (C=O) groups excluding carboxylic acids is 1. The van der Waals surface area contributed by atoms with Gasteiger partial charge in [-0.2, -0.15) is 0 Å². The average Bonchev–Trinajstić information content (AvgIpc) is 3.21. The molecule has 0 bridgehead atoms. The number of nitrogens with one attached hydrogen (secondary N) is 2. The van der Waals surface area contributed by atoms with E-state index in [1.807, 2.05) is 6.92 Å². The van der Waals surface area contributed by atoms with Crippen LogP contribution in [-0.2, 0) is 0 Å². The third-order valence-electron chi connectivity index (χ3n) is 4.57. The molecule has 0 heterocycles. The molecule has 3 atom stereocenters. The van der Waals surface area contributed by atoms with Gasteiger partial charge >= 0.3 is 6.03 Å². The smallest absolute Gasteiger partial charge is 0.315 e. The zero-order valence-electron chi connectivity index (χ0n) is 12.0. The molecule has 3 N–H and O–H groups in total. The van der Waals surface area contributed by atoms with Crippen LogP contribution in [0.15, 0.2) is 0 Å². The standard InChI is InChI=1S/C15H28N2O2/c1-11(7-8-18)10-16-15(19)17-14-4-2-3-13(9-14)12-5-6-12/h11-14,18H,2-10H2,1H3,(H2,16,17,19).